The maximum atomic E-state index is 6.71. The van der Waals surface area contributed by atoms with Crippen molar-refractivity contribution in [1.82, 2.24) is 9.55 Å². The van der Waals surface area contributed by atoms with Crippen molar-refractivity contribution in [3.05, 3.63) is 145 Å². The van der Waals surface area contributed by atoms with Crippen molar-refractivity contribution in [2.75, 3.05) is 0 Å². The van der Waals surface area contributed by atoms with Crippen molar-refractivity contribution in [2.24, 2.45) is 0 Å². The minimum atomic E-state index is 0.108. The molecule has 0 saturated carbocycles. The quantitative estimate of drug-likeness (QED) is 0.179. The fourth-order valence-electron chi connectivity index (χ4n) is 9.37. The molecule has 65 heavy (non-hydrogen) atoms. The van der Waals surface area contributed by atoms with Crippen LogP contribution in [-0.4, -0.2) is 88.0 Å². The lowest BCUT2D eigenvalue weighted by Gasteiger charge is -2.25. The van der Waals surface area contributed by atoms with Gasteiger partial charge in [0.15, 0.2) is 0 Å². The molecule has 0 fully saturated rings. The van der Waals surface area contributed by atoms with E-state index in [4.69, 9.17) is 83.4 Å². The van der Waals surface area contributed by atoms with Crippen LogP contribution in [0.1, 0.15) is 12.7 Å². The van der Waals surface area contributed by atoms with Gasteiger partial charge in [-0.15, -0.1) is 32.8 Å². The summed E-state index contributed by atoms with van der Waals surface area (Å²) >= 11 is 0. The summed E-state index contributed by atoms with van der Waals surface area (Å²) < 4.78 is 2.24. The second-order valence-corrected chi connectivity index (χ2v) is 16.4. The standard InChI is InChI=1S/C53H28B10N2/c1-2-39-64-37-13-7-8-14-38(37)65(39)32-21-19-27(20-22-32)26-15-17-28(18-16-26)40-33-9-3-5-11-35(33)41(36-12-6-4-10-34(36)40)29-23-30(42-44(54)48(58)52(62)49(59)45(42)55)25-31(24-29)43-46(56)50(60)53(63)51(61)47(43)57/h3-25H,2H2,1H3. The third-order valence-electron chi connectivity index (χ3n) is 12.7. The van der Waals surface area contributed by atoms with Gasteiger partial charge in [0, 0.05) is 12.1 Å². The van der Waals surface area contributed by atoms with E-state index in [0.29, 0.717) is 22.3 Å². The molecule has 0 aliphatic carbocycles. The molecule has 10 rings (SSSR count). The zero-order valence-corrected chi connectivity index (χ0v) is 35.7. The Labute approximate surface area is 393 Å². The van der Waals surface area contributed by atoms with Gasteiger partial charge in [0.2, 0.25) is 0 Å². The average Bonchev–Trinajstić information content (AvgIpc) is 3.72. The normalized spacial score (nSPS) is 11.5. The van der Waals surface area contributed by atoms with Crippen molar-refractivity contribution >= 4 is 166 Å². The van der Waals surface area contributed by atoms with E-state index in [1.807, 2.05) is 36.4 Å². The Morgan fingerprint density at radius 1 is 0.354 bits per heavy atom. The molecule has 2 nitrogen and oxygen atoms in total. The minimum Gasteiger partial charge on any atom is -0.296 e. The monoisotopic (exact) mass is 802 g/mol. The molecule has 10 aromatic rings. The average molecular weight is 801 g/mol. The summed E-state index contributed by atoms with van der Waals surface area (Å²) in [6.07, 6.45) is 0.827. The fourth-order valence-corrected chi connectivity index (χ4v) is 9.37. The molecule has 0 saturated heterocycles. The second-order valence-electron chi connectivity index (χ2n) is 16.4. The van der Waals surface area contributed by atoms with E-state index in [0.717, 1.165) is 83.9 Å². The predicted molar refractivity (Wildman–Crippen MR) is 287 cm³/mol. The summed E-state index contributed by atoms with van der Waals surface area (Å²) in [5.74, 6) is 1.03. The topological polar surface area (TPSA) is 17.8 Å². The first kappa shape index (κ1) is 42.6. The molecule has 0 atom stereocenters. The lowest BCUT2D eigenvalue weighted by molar-refractivity contribution is 0.908. The summed E-state index contributed by atoms with van der Waals surface area (Å²) in [5.41, 5.74) is 12.7. The largest absolute Gasteiger partial charge is 0.296 e. The maximum absolute atomic E-state index is 6.71. The number of imidazole rings is 1. The van der Waals surface area contributed by atoms with Gasteiger partial charge >= 0.3 is 0 Å². The lowest BCUT2D eigenvalue weighted by Crippen LogP contribution is -2.55. The van der Waals surface area contributed by atoms with E-state index in [1.165, 1.54) is 0 Å². The first-order valence-electron chi connectivity index (χ1n) is 21.2. The van der Waals surface area contributed by atoms with E-state index in [1.54, 1.807) is 0 Å². The van der Waals surface area contributed by atoms with E-state index >= 15 is 0 Å². The van der Waals surface area contributed by atoms with E-state index in [9.17, 15) is 0 Å². The SMILES string of the molecule is [B]c1c([B])c([B])c(-c2cc(-c3c([B])c([B])c([B])c([B])c3[B])cc(-c3c4ccccc4c(-c4ccc(-c5ccc(-n6c(CC)nc7ccccc76)cc5)cc4)c4ccccc34)c2)c([B])c1[B]. The Bertz CT molecular complexity index is 3380. The number of aromatic nitrogens is 2. The highest BCUT2D eigenvalue weighted by atomic mass is 15.1. The van der Waals surface area contributed by atoms with Gasteiger partial charge < -0.3 is 0 Å². The van der Waals surface area contributed by atoms with E-state index in [2.05, 4.69) is 115 Å². The van der Waals surface area contributed by atoms with Crippen molar-refractivity contribution in [3.63, 3.8) is 0 Å². The van der Waals surface area contributed by atoms with Crippen LogP contribution in [-0.2, 0) is 6.42 Å². The van der Waals surface area contributed by atoms with Crippen LogP contribution in [0.15, 0.2) is 140 Å². The number of benzene rings is 9. The Hall–Kier alpha value is -6.38. The Kier molecular flexibility index (Phi) is 10.8. The zero-order valence-electron chi connectivity index (χ0n) is 35.7. The third-order valence-corrected chi connectivity index (χ3v) is 12.7. The molecule has 12 heteroatoms. The summed E-state index contributed by atoms with van der Waals surface area (Å²) in [5, 5.41) is 4.09. The van der Waals surface area contributed by atoms with E-state index in [-0.39, 0.29) is 54.6 Å². The molecule has 1 heterocycles. The predicted octanol–water partition coefficient (Wildman–Crippen LogP) is 2.17. The highest BCUT2D eigenvalue weighted by Gasteiger charge is 2.22. The molecule has 0 amide bonds. The van der Waals surface area contributed by atoms with Crippen LogP contribution in [0.2, 0.25) is 0 Å². The van der Waals surface area contributed by atoms with Crippen LogP contribution in [0, 0.1) is 0 Å². The van der Waals surface area contributed by atoms with Crippen LogP contribution >= 0.6 is 0 Å². The molecule has 0 unspecified atom stereocenters. The Morgan fingerprint density at radius 3 is 1.12 bits per heavy atom. The number of nitrogens with zero attached hydrogens (tertiary/aromatic N) is 2. The Balaban J connectivity index is 1.15. The molecular weight excluding hydrogens is 773 g/mol. The van der Waals surface area contributed by atoms with Gasteiger partial charge in [0.05, 0.1) is 11.0 Å². The molecule has 0 N–H and O–H groups in total. The number of hydrogen-bond acceptors (Lipinski definition) is 1. The van der Waals surface area contributed by atoms with Crippen molar-refractivity contribution < 1.29 is 0 Å². The molecule has 9 aromatic carbocycles. The van der Waals surface area contributed by atoms with Crippen LogP contribution in [0.3, 0.4) is 0 Å². The summed E-state index contributed by atoms with van der Waals surface area (Å²) in [6, 6.07) is 48.2. The minimum absolute atomic E-state index is 0.108. The van der Waals surface area contributed by atoms with Gasteiger partial charge in [-0.25, -0.2) is 4.98 Å². The number of aryl methyl sites for hydroxylation is 1. The molecule has 280 valence electrons. The number of rotatable bonds is 7. The van der Waals surface area contributed by atoms with Crippen LogP contribution in [0.5, 0.6) is 0 Å². The summed E-state index contributed by atoms with van der Waals surface area (Å²) in [7, 11) is 65.0. The highest BCUT2D eigenvalue weighted by Crippen LogP contribution is 2.45. The molecule has 1 aromatic heterocycles. The summed E-state index contributed by atoms with van der Waals surface area (Å²) in [4.78, 5) is 4.87. The first-order chi connectivity index (χ1) is 31.4. The number of hydrogen-bond donors (Lipinski definition) is 0. The molecule has 0 aliphatic rings. The van der Waals surface area contributed by atoms with Crippen LogP contribution in [0.25, 0.3) is 93.9 Å². The second kappa shape index (κ2) is 16.6. The number of fused-ring (bicyclic) bond motifs is 3. The summed E-state index contributed by atoms with van der Waals surface area (Å²) in [6.45, 7) is 2.13. The molecule has 0 aliphatic heterocycles. The molecule has 0 spiro atoms. The van der Waals surface area contributed by atoms with Crippen LogP contribution in [0.4, 0.5) is 0 Å². The fraction of sp³-hybridized carbons (Fsp3) is 0.0377. The van der Waals surface area contributed by atoms with E-state index < -0.39 is 0 Å². The molecular formula is C53H28B10N2. The van der Waals surface area contributed by atoms with Gasteiger partial charge in [-0.1, -0.05) is 126 Å². The number of para-hydroxylation sites is 2. The highest BCUT2D eigenvalue weighted by molar-refractivity contribution is 6.70. The van der Waals surface area contributed by atoms with Gasteiger partial charge in [0.25, 0.3) is 0 Å². The van der Waals surface area contributed by atoms with Gasteiger partial charge in [0.1, 0.15) is 84.3 Å². The van der Waals surface area contributed by atoms with Gasteiger partial charge in [-0.05, 0) is 120 Å². The van der Waals surface area contributed by atoms with Gasteiger partial charge in [-0.3, -0.25) is 4.57 Å². The van der Waals surface area contributed by atoms with Crippen molar-refractivity contribution in [3.8, 4) is 61.3 Å². The molecule has 0 bridgehead atoms. The van der Waals surface area contributed by atoms with Crippen LogP contribution < -0.4 is 54.6 Å². The van der Waals surface area contributed by atoms with Gasteiger partial charge in [-0.2, -0.15) is 0 Å². The Morgan fingerprint density at radius 2 is 0.692 bits per heavy atom. The van der Waals surface area contributed by atoms with Crippen molar-refractivity contribution in [1.29, 1.82) is 0 Å². The maximum Gasteiger partial charge on any atom is 0.114 e. The third kappa shape index (κ3) is 6.91. The lowest BCUT2D eigenvalue weighted by atomic mass is 9.59. The van der Waals surface area contributed by atoms with Crippen molar-refractivity contribution in [2.45, 2.75) is 13.3 Å². The zero-order chi connectivity index (χ0) is 45.4. The molecule has 20 radical (unpaired) electrons. The smallest absolute Gasteiger partial charge is 0.114 e. The first-order valence-corrected chi connectivity index (χ1v) is 21.2.